The minimum atomic E-state index is -0.675. The third kappa shape index (κ3) is 3.58. The Morgan fingerprint density at radius 1 is 1.25 bits per heavy atom. The van der Waals surface area contributed by atoms with Crippen molar-refractivity contribution in [1.82, 2.24) is 5.32 Å². The lowest BCUT2D eigenvalue weighted by atomic mass is 9.97. The number of rotatable bonds is 6. The highest BCUT2D eigenvalue weighted by atomic mass is 19.1. The minimum Gasteiger partial charge on any atom is -0.389 e. The van der Waals surface area contributed by atoms with E-state index in [1.54, 1.807) is 12.1 Å². The molecule has 0 amide bonds. The lowest BCUT2D eigenvalue weighted by Gasteiger charge is -2.25. The van der Waals surface area contributed by atoms with Gasteiger partial charge in [-0.2, -0.15) is 0 Å². The highest BCUT2D eigenvalue weighted by Gasteiger charge is 2.21. The zero-order valence-corrected chi connectivity index (χ0v) is 9.96. The molecule has 0 aliphatic rings. The molecule has 0 atom stereocenters. The topological polar surface area (TPSA) is 32.3 Å². The fraction of sp³-hybridized carbons (Fsp3) is 0.538. The molecule has 0 unspecified atom stereocenters. The molecule has 0 heterocycles. The van der Waals surface area contributed by atoms with E-state index in [0.717, 1.165) is 0 Å². The zero-order valence-electron chi connectivity index (χ0n) is 9.96. The summed E-state index contributed by atoms with van der Waals surface area (Å²) in [5.41, 5.74) is -0.0392. The molecule has 1 aromatic carbocycles. The zero-order chi connectivity index (χ0) is 12.0. The van der Waals surface area contributed by atoms with Crippen molar-refractivity contribution >= 4 is 0 Å². The Labute approximate surface area is 96.5 Å². The van der Waals surface area contributed by atoms with Crippen LogP contribution in [0.4, 0.5) is 4.39 Å². The Morgan fingerprint density at radius 2 is 1.88 bits per heavy atom. The molecule has 0 bridgehead atoms. The van der Waals surface area contributed by atoms with Crippen molar-refractivity contribution in [2.24, 2.45) is 0 Å². The van der Waals surface area contributed by atoms with Crippen LogP contribution in [0.1, 0.15) is 32.3 Å². The Kier molecular flexibility index (Phi) is 4.90. The van der Waals surface area contributed by atoms with E-state index in [1.807, 2.05) is 19.9 Å². The van der Waals surface area contributed by atoms with Gasteiger partial charge in [0, 0.05) is 18.7 Å². The fourth-order valence-corrected chi connectivity index (χ4v) is 1.57. The summed E-state index contributed by atoms with van der Waals surface area (Å²) in [4.78, 5) is 0. The first kappa shape index (κ1) is 13.1. The summed E-state index contributed by atoms with van der Waals surface area (Å²) in [6.07, 6.45) is 1.40. The normalized spacial score (nSPS) is 11.8. The van der Waals surface area contributed by atoms with Gasteiger partial charge in [0.15, 0.2) is 0 Å². The maximum absolute atomic E-state index is 13.3. The van der Waals surface area contributed by atoms with Gasteiger partial charge in [-0.05, 0) is 18.9 Å². The number of hydrogen-bond donors (Lipinski definition) is 2. The van der Waals surface area contributed by atoms with E-state index in [0.29, 0.717) is 31.5 Å². The summed E-state index contributed by atoms with van der Waals surface area (Å²) in [6.45, 7) is 4.85. The monoisotopic (exact) mass is 225 g/mol. The summed E-state index contributed by atoms with van der Waals surface area (Å²) in [5, 5.41) is 13.1. The van der Waals surface area contributed by atoms with Crippen LogP contribution in [-0.4, -0.2) is 17.3 Å². The van der Waals surface area contributed by atoms with Crippen LogP contribution in [-0.2, 0) is 6.54 Å². The van der Waals surface area contributed by atoms with Crippen LogP contribution in [0.2, 0.25) is 0 Å². The average Bonchev–Trinajstić information content (AvgIpc) is 2.31. The second-order valence-electron chi connectivity index (χ2n) is 4.13. The van der Waals surface area contributed by atoms with Gasteiger partial charge in [-0.25, -0.2) is 4.39 Å². The molecule has 0 aliphatic carbocycles. The van der Waals surface area contributed by atoms with Crippen molar-refractivity contribution in [2.45, 2.75) is 38.8 Å². The largest absolute Gasteiger partial charge is 0.389 e. The van der Waals surface area contributed by atoms with E-state index in [1.165, 1.54) is 6.07 Å². The quantitative estimate of drug-likeness (QED) is 0.779. The van der Waals surface area contributed by atoms with Gasteiger partial charge in [0.2, 0.25) is 0 Å². The van der Waals surface area contributed by atoms with Crippen molar-refractivity contribution < 1.29 is 9.50 Å². The van der Waals surface area contributed by atoms with Crippen molar-refractivity contribution in [3.8, 4) is 0 Å². The highest BCUT2D eigenvalue weighted by Crippen LogP contribution is 2.13. The van der Waals surface area contributed by atoms with Crippen molar-refractivity contribution in [3.63, 3.8) is 0 Å². The molecule has 0 spiro atoms. The Morgan fingerprint density at radius 3 is 2.44 bits per heavy atom. The molecule has 1 rings (SSSR count). The molecule has 1 aromatic rings. The molecule has 0 aromatic heterocycles. The Balaban J connectivity index is 2.44. The predicted octanol–water partition coefficient (Wildman–Crippen LogP) is 2.47. The van der Waals surface area contributed by atoms with Crippen LogP contribution in [0.5, 0.6) is 0 Å². The second-order valence-corrected chi connectivity index (χ2v) is 4.13. The Hall–Kier alpha value is -0.930. The van der Waals surface area contributed by atoms with Gasteiger partial charge in [0.1, 0.15) is 5.82 Å². The van der Waals surface area contributed by atoms with Gasteiger partial charge in [-0.15, -0.1) is 0 Å². The van der Waals surface area contributed by atoms with Crippen LogP contribution in [0, 0.1) is 5.82 Å². The summed E-state index contributed by atoms with van der Waals surface area (Å²) in [6, 6.07) is 6.68. The number of benzene rings is 1. The van der Waals surface area contributed by atoms with Crippen molar-refractivity contribution in [3.05, 3.63) is 35.6 Å². The first-order valence-electron chi connectivity index (χ1n) is 5.78. The van der Waals surface area contributed by atoms with Crippen LogP contribution >= 0.6 is 0 Å². The fourth-order valence-electron chi connectivity index (χ4n) is 1.57. The number of hydrogen-bond acceptors (Lipinski definition) is 2. The van der Waals surface area contributed by atoms with Crippen LogP contribution < -0.4 is 5.32 Å². The van der Waals surface area contributed by atoms with Gasteiger partial charge in [0.05, 0.1) is 5.60 Å². The van der Waals surface area contributed by atoms with E-state index in [2.05, 4.69) is 5.32 Å². The molecule has 0 radical (unpaired) electrons. The van der Waals surface area contributed by atoms with E-state index >= 15 is 0 Å². The summed E-state index contributed by atoms with van der Waals surface area (Å²) in [5.74, 6) is -0.202. The third-order valence-electron chi connectivity index (χ3n) is 3.04. The summed E-state index contributed by atoms with van der Waals surface area (Å²) >= 11 is 0. The van der Waals surface area contributed by atoms with Gasteiger partial charge in [-0.1, -0.05) is 32.0 Å². The molecule has 0 saturated carbocycles. The average molecular weight is 225 g/mol. The number of aliphatic hydroxyl groups is 1. The maximum atomic E-state index is 13.3. The first-order valence-corrected chi connectivity index (χ1v) is 5.78. The number of halogens is 1. The summed E-state index contributed by atoms with van der Waals surface area (Å²) in [7, 11) is 0. The van der Waals surface area contributed by atoms with Crippen LogP contribution in [0.3, 0.4) is 0 Å². The first-order chi connectivity index (χ1) is 7.61. The highest BCUT2D eigenvalue weighted by molar-refractivity contribution is 5.16. The third-order valence-corrected chi connectivity index (χ3v) is 3.04. The minimum absolute atomic E-state index is 0.202. The molecule has 0 saturated heterocycles. The summed E-state index contributed by atoms with van der Waals surface area (Å²) < 4.78 is 13.3. The molecule has 2 nitrogen and oxygen atoms in total. The van der Waals surface area contributed by atoms with Crippen molar-refractivity contribution in [1.29, 1.82) is 0 Å². The van der Waals surface area contributed by atoms with E-state index in [9.17, 15) is 9.50 Å². The second kappa shape index (κ2) is 5.97. The van der Waals surface area contributed by atoms with E-state index in [-0.39, 0.29) is 5.82 Å². The SMILES string of the molecule is CCC(O)(CC)CNCc1ccccc1F. The lowest BCUT2D eigenvalue weighted by Crippen LogP contribution is -2.39. The molecule has 2 N–H and O–H groups in total. The molecule has 0 aliphatic heterocycles. The molecule has 0 fully saturated rings. The Bertz CT molecular complexity index is 323. The number of nitrogens with one attached hydrogen (secondary N) is 1. The van der Waals surface area contributed by atoms with Crippen LogP contribution in [0.15, 0.2) is 24.3 Å². The smallest absolute Gasteiger partial charge is 0.127 e. The lowest BCUT2D eigenvalue weighted by molar-refractivity contribution is 0.0322. The molecular formula is C13H20FNO. The molecule has 3 heteroatoms. The molecule has 16 heavy (non-hydrogen) atoms. The van der Waals surface area contributed by atoms with Crippen LogP contribution in [0.25, 0.3) is 0 Å². The van der Waals surface area contributed by atoms with Gasteiger partial charge in [0.25, 0.3) is 0 Å². The maximum Gasteiger partial charge on any atom is 0.127 e. The molecular weight excluding hydrogens is 205 g/mol. The van der Waals surface area contributed by atoms with Gasteiger partial charge in [-0.3, -0.25) is 0 Å². The van der Waals surface area contributed by atoms with E-state index < -0.39 is 5.60 Å². The van der Waals surface area contributed by atoms with E-state index in [4.69, 9.17) is 0 Å². The van der Waals surface area contributed by atoms with Gasteiger partial charge < -0.3 is 10.4 Å². The van der Waals surface area contributed by atoms with Crippen molar-refractivity contribution in [2.75, 3.05) is 6.54 Å². The standard InChI is InChI=1S/C13H20FNO/c1-3-13(16,4-2)10-15-9-11-7-5-6-8-12(11)14/h5-8,15-16H,3-4,9-10H2,1-2H3. The van der Waals surface area contributed by atoms with Gasteiger partial charge >= 0.3 is 0 Å². The predicted molar refractivity (Wildman–Crippen MR) is 63.6 cm³/mol. The molecule has 90 valence electrons.